The molecule has 2 aliphatic heterocycles. The molecule has 1 fully saturated rings. The fourth-order valence-electron chi connectivity index (χ4n) is 3.85. The number of morpholine rings is 1. The minimum absolute atomic E-state index is 0.145. The van der Waals surface area contributed by atoms with Gasteiger partial charge in [0.05, 0.1) is 13.2 Å². The number of anilines is 1. The lowest BCUT2D eigenvalue weighted by Gasteiger charge is -2.29. The van der Waals surface area contributed by atoms with Crippen LogP contribution in [0.3, 0.4) is 0 Å². The Bertz CT molecular complexity index is 585. The van der Waals surface area contributed by atoms with E-state index in [0.29, 0.717) is 0 Å². The predicted molar refractivity (Wildman–Crippen MR) is 105 cm³/mol. The van der Waals surface area contributed by atoms with Gasteiger partial charge in [-0.05, 0) is 36.6 Å². The normalized spacial score (nSPS) is 20.7. The molecule has 1 amide bonds. The van der Waals surface area contributed by atoms with Gasteiger partial charge in [0, 0.05) is 45.3 Å². The van der Waals surface area contributed by atoms with Gasteiger partial charge in [-0.3, -0.25) is 9.69 Å². The summed E-state index contributed by atoms with van der Waals surface area (Å²) in [6.07, 6.45) is 6.06. The zero-order valence-electron chi connectivity index (χ0n) is 16.1. The number of fused-ring (bicyclic) bond motifs is 1. The van der Waals surface area contributed by atoms with Crippen molar-refractivity contribution >= 4 is 11.6 Å². The molecule has 5 nitrogen and oxygen atoms in total. The number of amides is 1. The molecule has 0 aliphatic carbocycles. The number of nitrogens with zero attached hydrogens (tertiary/aromatic N) is 2. The Morgan fingerprint density at radius 2 is 1.85 bits per heavy atom. The highest BCUT2D eigenvalue weighted by molar-refractivity contribution is 5.92. The lowest BCUT2D eigenvalue weighted by Crippen LogP contribution is -2.36. The summed E-state index contributed by atoms with van der Waals surface area (Å²) in [5.74, 6) is 0.145. The standard InChI is InChI=1S/C21H33N3O2/c1-18(25)24-10-6-4-2-3-5-9-22-16-20-8-7-19(15-21(20)24)17-23-11-13-26-14-12-23/h7-8,15,22H,2-6,9-14,16-17H2,1H3. The molecule has 5 heteroatoms. The van der Waals surface area contributed by atoms with Gasteiger partial charge in [0.15, 0.2) is 0 Å². The topological polar surface area (TPSA) is 44.8 Å². The van der Waals surface area contributed by atoms with E-state index in [1.807, 2.05) is 4.90 Å². The van der Waals surface area contributed by atoms with Gasteiger partial charge in [-0.1, -0.05) is 31.4 Å². The number of rotatable bonds is 2. The largest absolute Gasteiger partial charge is 0.379 e. The van der Waals surface area contributed by atoms with Crippen LogP contribution in [0.5, 0.6) is 0 Å². The molecule has 0 aromatic heterocycles. The summed E-state index contributed by atoms with van der Waals surface area (Å²) in [5, 5.41) is 3.55. The molecule has 0 unspecified atom stereocenters. The third kappa shape index (κ3) is 5.53. The van der Waals surface area contributed by atoms with Gasteiger partial charge in [0.2, 0.25) is 5.91 Å². The molecular formula is C21H33N3O2. The van der Waals surface area contributed by atoms with Crippen LogP contribution in [-0.4, -0.2) is 50.2 Å². The highest BCUT2D eigenvalue weighted by Gasteiger charge is 2.18. The summed E-state index contributed by atoms with van der Waals surface area (Å²) in [7, 11) is 0. The van der Waals surface area contributed by atoms with Crippen LogP contribution in [0.2, 0.25) is 0 Å². The maximum Gasteiger partial charge on any atom is 0.223 e. The number of nitrogens with one attached hydrogen (secondary N) is 1. The Kier molecular flexibility index (Phi) is 7.47. The maximum absolute atomic E-state index is 12.4. The highest BCUT2D eigenvalue weighted by atomic mass is 16.5. The number of carbonyl (C=O) groups is 1. The first-order chi connectivity index (χ1) is 12.7. The lowest BCUT2D eigenvalue weighted by molar-refractivity contribution is -0.116. The molecule has 0 spiro atoms. The number of hydrogen-bond acceptors (Lipinski definition) is 4. The van der Waals surface area contributed by atoms with Crippen molar-refractivity contribution in [1.29, 1.82) is 0 Å². The summed E-state index contributed by atoms with van der Waals surface area (Å²) < 4.78 is 5.45. The van der Waals surface area contributed by atoms with Gasteiger partial charge in [-0.15, -0.1) is 0 Å². The smallest absolute Gasteiger partial charge is 0.223 e. The van der Waals surface area contributed by atoms with Crippen LogP contribution in [-0.2, 0) is 22.6 Å². The summed E-state index contributed by atoms with van der Waals surface area (Å²) in [4.78, 5) is 16.8. The Morgan fingerprint density at radius 3 is 2.65 bits per heavy atom. The van der Waals surface area contributed by atoms with Crippen molar-refractivity contribution in [3.8, 4) is 0 Å². The van der Waals surface area contributed by atoms with E-state index >= 15 is 0 Å². The van der Waals surface area contributed by atoms with E-state index in [9.17, 15) is 4.79 Å². The molecular weight excluding hydrogens is 326 g/mol. The molecule has 3 rings (SSSR count). The van der Waals surface area contributed by atoms with E-state index in [0.717, 1.165) is 64.6 Å². The number of carbonyl (C=O) groups excluding carboxylic acids is 1. The van der Waals surface area contributed by atoms with Gasteiger partial charge < -0.3 is 15.0 Å². The van der Waals surface area contributed by atoms with Gasteiger partial charge in [-0.25, -0.2) is 0 Å². The Hall–Kier alpha value is -1.43. The van der Waals surface area contributed by atoms with Crippen LogP contribution in [0.15, 0.2) is 18.2 Å². The van der Waals surface area contributed by atoms with E-state index in [4.69, 9.17) is 4.74 Å². The summed E-state index contributed by atoms with van der Waals surface area (Å²) in [5.41, 5.74) is 3.60. The fraction of sp³-hybridized carbons (Fsp3) is 0.667. The van der Waals surface area contributed by atoms with Crippen molar-refractivity contribution in [2.45, 2.75) is 52.1 Å². The SMILES string of the molecule is CC(=O)N1CCCCCCCNCc2ccc(CN3CCOCC3)cc21. The molecule has 1 saturated heterocycles. The zero-order chi connectivity index (χ0) is 18.2. The molecule has 144 valence electrons. The lowest BCUT2D eigenvalue weighted by atomic mass is 10.0. The maximum atomic E-state index is 12.4. The van der Waals surface area contributed by atoms with Crippen LogP contribution in [0.4, 0.5) is 5.69 Å². The van der Waals surface area contributed by atoms with E-state index in [-0.39, 0.29) is 5.91 Å². The molecule has 1 aromatic rings. The van der Waals surface area contributed by atoms with Gasteiger partial charge >= 0.3 is 0 Å². The molecule has 0 radical (unpaired) electrons. The molecule has 0 bridgehead atoms. The minimum Gasteiger partial charge on any atom is -0.379 e. The fourth-order valence-corrected chi connectivity index (χ4v) is 3.85. The van der Waals surface area contributed by atoms with Crippen molar-refractivity contribution in [2.24, 2.45) is 0 Å². The van der Waals surface area contributed by atoms with E-state index in [1.54, 1.807) is 6.92 Å². The van der Waals surface area contributed by atoms with Gasteiger partial charge in [0.1, 0.15) is 0 Å². The van der Waals surface area contributed by atoms with Crippen LogP contribution < -0.4 is 10.2 Å². The van der Waals surface area contributed by atoms with Gasteiger partial charge in [0.25, 0.3) is 0 Å². The highest BCUT2D eigenvalue weighted by Crippen LogP contribution is 2.25. The average Bonchev–Trinajstić information content (AvgIpc) is 2.63. The second kappa shape index (κ2) is 10.0. The quantitative estimate of drug-likeness (QED) is 0.882. The third-order valence-electron chi connectivity index (χ3n) is 5.38. The summed E-state index contributed by atoms with van der Waals surface area (Å²) >= 11 is 0. The first-order valence-electron chi connectivity index (χ1n) is 10.1. The molecule has 0 atom stereocenters. The monoisotopic (exact) mass is 359 g/mol. The van der Waals surface area contributed by atoms with Crippen molar-refractivity contribution in [3.63, 3.8) is 0 Å². The van der Waals surface area contributed by atoms with E-state index in [1.165, 1.54) is 36.8 Å². The molecule has 1 N–H and O–H groups in total. The van der Waals surface area contributed by atoms with Crippen molar-refractivity contribution in [2.75, 3.05) is 44.3 Å². The van der Waals surface area contributed by atoms with Crippen LogP contribution in [0.1, 0.15) is 50.2 Å². The second-order valence-electron chi connectivity index (χ2n) is 7.47. The number of hydrogen-bond donors (Lipinski definition) is 1. The van der Waals surface area contributed by atoms with Crippen LogP contribution >= 0.6 is 0 Å². The van der Waals surface area contributed by atoms with E-state index < -0.39 is 0 Å². The van der Waals surface area contributed by atoms with Crippen LogP contribution in [0, 0.1) is 0 Å². The minimum atomic E-state index is 0.145. The number of ether oxygens (including phenoxy) is 1. The van der Waals surface area contributed by atoms with Crippen molar-refractivity contribution < 1.29 is 9.53 Å². The predicted octanol–water partition coefficient (Wildman–Crippen LogP) is 2.93. The molecule has 2 aliphatic rings. The summed E-state index contributed by atoms with van der Waals surface area (Å²) in [6.45, 7) is 8.91. The number of benzene rings is 1. The Balaban J connectivity index is 1.81. The molecule has 2 heterocycles. The second-order valence-corrected chi connectivity index (χ2v) is 7.47. The zero-order valence-corrected chi connectivity index (χ0v) is 16.1. The van der Waals surface area contributed by atoms with Crippen LogP contribution in [0.25, 0.3) is 0 Å². The molecule has 0 saturated carbocycles. The third-order valence-corrected chi connectivity index (χ3v) is 5.38. The van der Waals surface area contributed by atoms with Gasteiger partial charge in [-0.2, -0.15) is 0 Å². The van der Waals surface area contributed by atoms with Crippen molar-refractivity contribution in [3.05, 3.63) is 29.3 Å². The summed E-state index contributed by atoms with van der Waals surface area (Å²) in [6, 6.07) is 6.67. The molecule has 26 heavy (non-hydrogen) atoms. The average molecular weight is 360 g/mol. The first kappa shape index (κ1) is 19.3. The molecule has 1 aromatic carbocycles. The Morgan fingerprint density at radius 1 is 1.08 bits per heavy atom. The van der Waals surface area contributed by atoms with E-state index in [2.05, 4.69) is 28.4 Å². The van der Waals surface area contributed by atoms with Crippen molar-refractivity contribution in [1.82, 2.24) is 10.2 Å². The Labute approximate surface area is 157 Å². The first-order valence-corrected chi connectivity index (χ1v) is 10.1.